The van der Waals surface area contributed by atoms with Crippen LogP contribution in [0.25, 0.3) is 0 Å². The SMILES string of the molecule is O=C(N[C@@H]1COCC[C@@H]1OCc1ccccc1)C1(Cn2cccn2)CC1. The molecule has 2 aliphatic rings. The van der Waals surface area contributed by atoms with Gasteiger partial charge in [-0.3, -0.25) is 9.48 Å². The lowest BCUT2D eigenvalue weighted by Gasteiger charge is -2.33. The van der Waals surface area contributed by atoms with Crippen molar-refractivity contribution in [2.24, 2.45) is 5.41 Å². The molecule has 1 saturated carbocycles. The Morgan fingerprint density at radius 2 is 2.15 bits per heavy atom. The first-order valence-corrected chi connectivity index (χ1v) is 9.27. The molecule has 6 nitrogen and oxygen atoms in total. The molecule has 1 saturated heterocycles. The van der Waals surface area contributed by atoms with Crippen LogP contribution in [0.1, 0.15) is 24.8 Å². The van der Waals surface area contributed by atoms with Crippen LogP contribution in [-0.4, -0.2) is 41.0 Å². The van der Waals surface area contributed by atoms with Crippen LogP contribution in [0.3, 0.4) is 0 Å². The Balaban J connectivity index is 1.35. The van der Waals surface area contributed by atoms with Gasteiger partial charge in [-0.25, -0.2) is 0 Å². The zero-order valence-corrected chi connectivity index (χ0v) is 14.8. The van der Waals surface area contributed by atoms with E-state index in [1.54, 1.807) is 6.20 Å². The predicted octanol–water partition coefficient (Wildman–Crippen LogP) is 2.15. The molecule has 1 aromatic heterocycles. The molecule has 0 bridgehead atoms. The lowest BCUT2D eigenvalue weighted by molar-refractivity contribution is -0.132. The summed E-state index contributed by atoms with van der Waals surface area (Å²) < 4.78 is 13.5. The van der Waals surface area contributed by atoms with E-state index in [9.17, 15) is 4.79 Å². The van der Waals surface area contributed by atoms with Gasteiger partial charge in [0.05, 0.1) is 37.3 Å². The summed E-state index contributed by atoms with van der Waals surface area (Å²) in [6.45, 7) is 2.36. The van der Waals surface area contributed by atoms with Gasteiger partial charge in [-0.1, -0.05) is 30.3 Å². The van der Waals surface area contributed by atoms with E-state index in [-0.39, 0.29) is 23.5 Å². The zero-order valence-electron chi connectivity index (χ0n) is 14.8. The summed E-state index contributed by atoms with van der Waals surface area (Å²) >= 11 is 0. The first-order valence-electron chi connectivity index (χ1n) is 9.27. The van der Waals surface area contributed by atoms with Crippen molar-refractivity contribution in [3.05, 3.63) is 54.4 Å². The highest BCUT2D eigenvalue weighted by molar-refractivity contribution is 5.85. The second-order valence-corrected chi connectivity index (χ2v) is 7.26. The standard InChI is InChI=1S/C20H25N3O3/c24-19(20(8-9-20)15-23-11-4-10-21-23)22-17-14-25-12-7-18(17)26-13-16-5-2-1-3-6-16/h1-6,10-11,17-18H,7-9,12-15H2,(H,22,24)/t17-,18+/m1/s1. The average molecular weight is 355 g/mol. The maximum Gasteiger partial charge on any atom is 0.228 e. The Morgan fingerprint density at radius 3 is 2.88 bits per heavy atom. The molecule has 4 rings (SSSR count). The van der Waals surface area contributed by atoms with Gasteiger partial charge in [0.25, 0.3) is 0 Å². The molecular formula is C20H25N3O3. The maximum atomic E-state index is 12.9. The fourth-order valence-corrected chi connectivity index (χ4v) is 3.46. The number of carbonyl (C=O) groups is 1. The van der Waals surface area contributed by atoms with Crippen LogP contribution >= 0.6 is 0 Å². The van der Waals surface area contributed by atoms with E-state index < -0.39 is 0 Å². The van der Waals surface area contributed by atoms with Gasteiger partial charge in [0.2, 0.25) is 5.91 Å². The molecule has 6 heteroatoms. The van der Waals surface area contributed by atoms with Crippen molar-refractivity contribution in [2.45, 2.75) is 44.6 Å². The van der Waals surface area contributed by atoms with Crippen LogP contribution in [0.2, 0.25) is 0 Å². The van der Waals surface area contributed by atoms with Gasteiger partial charge < -0.3 is 14.8 Å². The third kappa shape index (κ3) is 3.97. The smallest absolute Gasteiger partial charge is 0.228 e. The predicted molar refractivity (Wildman–Crippen MR) is 96.3 cm³/mol. The van der Waals surface area contributed by atoms with Gasteiger partial charge in [0.15, 0.2) is 0 Å². The van der Waals surface area contributed by atoms with Gasteiger partial charge in [-0.05, 0) is 30.9 Å². The van der Waals surface area contributed by atoms with Gasteiger partial charge >= 0.3 is 0 Å². The van der Waals surface area contributed by atoms with Crippen molar-refractivity contribution in [1.82, 2.24) is 15.1 Å². The molecule has 26 heavy (non-hydrogen) atoms. The minimum absolute atomic E-state index is 0.0200. The van der Waals surface area contributed by atoms with E-state index in [0.29, 0.717) is 26.4 Å². The van der Waals surface area contributed by atoms with Crippen LogP contribution < -0.4 is 5.32 Å². The minimum Gasteiger partial charge on any atom is -0.379 e. The highest BCUT2D eigenvalue weighted by atomic mass is 16.5. The van der Waals surface area contributed by atoms with Crippen molar-refractivity contribution >= 4 is 5.91 Å². The fraction of sp³-hybridized carbons (Fsp3) is 0.500. The number of nitrogens with one attached hydrogen (secondary N) is 1. The maximum absolute atomic E-state index is 12.9. The number of aromatic nitrogens is 2. The van der Waals surface area contributed by atoms with Crippen molar-refractivity contribution in [2.75, 3.05) is 13.2 Å². The van der Waals surface area contributed by atoms with Crippen molar-refractivity contribution in [3.63, 3.8) is 0 Å². The molecule has 1 amide bonds. The number of carbonyl (C=O) groups excluding carboxylic acids is 1. The number of amides is 1. The topological polar surface area (TPSA) is 65.4 Å². The van der Waals surface area contributed by atoms with Gasteiger partial charge in [-0.15, -0.1) is 0 Å². The van der Waals surface area contributed by atoms with Crippen LogP contribution in [0.4, 0.5) is 0 Å². The van der Waals surface area contributed by atoms with Crippen molar-refractivity contribution in [1.29, 1.82) is 0 Å². The third-order valence-electron chi connectivity index (χ3n) is 5.28. The Kier molecular flexibility index (Phi) is 5.04. The highest BCUT2D eigenvalue weighted by Gasteiger charge is 2.51. The van der Waals surface area contributed by atoms with Crippen LogP contribution in [0.15, 0.2) is 48.8 Å². The summed E-state index contributed by atoms with van der Waals surface area (Å²) in [7, 11) is 0. The quantitative estimate of drug-likeness (QED) is 0.827. The van der Waals surface area contributed by atoms with E-state index in [4.69, 9.17) is 9.47 Å². The summed E-state index contributed by atoms with van der Waals surface area (Å²) in [6.07, 6.45) is 6.24. The largest absolute Gasteiger partial charge is 0.379 e. The Labute approximate surface area is 153 Å². The van der Waals surface area contributed by atoms with Gasteiger partial charge in [0.1, 0.15) is 0 Å². The second-order valence-electron chi connectivity index (χ2n) is 7.26. The molecule has 1 aromatic carbocycles. The van der Waals surface area contributed by atoms with Crippen LogP contribution in [0, 0.1) is 5.41 Å². The molecule has 2 atom stereocenters. The zero-order chi connectivity index (χ0) is 17.8. The summed E-state index contributed by atoms with van der Waals surface area (Å²) in [5.41, 5.74) is 0.814. The van der Waals surface area contributed by atoms with E-state index in [1.807, 2.05) is 35.1 Å². The molecule has 0 spiro atoms. The number of hydrogen-bond donors (Lipinski definition) is 1. The van der Waals surface area contributed by atoms with E-state index >= 15 is 0 Å². The summed E-state index contributed by atoms with van der Waals surface area (Å²) in [5, 5.41) is 7.43. The minimum atomic E-state index is -0.326. The molecule has 1 aliphatic carbocycles. The Bertz CT molecular complexity index is 713. The Hall–Kier alpha value is -2.18. The second kappa shape index (κ2) is 7.60. The van der Waals surface area contributed by atoms with E-state index in [0.717, 1.165) is 24.8 Å². The van der Waals surface area contributed by atoms with E-state index in [2.05, 4.69) is 22.5 Å². The fourth-order valence-electron chi connectivity index (χ4n) is 3.46. The molecule has 1 aliphatic heterocycles. The average Bonchev–Trinajstić information content (AvgIpc) is 3.28. The number of rotatable bonds is 7. The molecule has 0 unspecified atom stereocenters. The summed E-state index contributed by atoms with van der Waals surface area (Å²) in [5.74, 6) is 0.0943. The van der Waals surface area contributed by atoms with Gasteiger partial charge in [0, 0.05) is 19.0 Å². The number of hydrogen-bond acceptors (Lipinski definition) is 4. The van der Waals surface area contributed by atoms with E-state index in [1.165, 1.54) is 0 Å². The molecule has 0 radical (unpaired) electrons. The molecule has 1 N–H and O–H groups in total. The summed E-state index contributed by atoms with van der Waals surface area (Å²) in [6, 6.07) is 11.9. The number of benzene rings is 1. The van der Waals surface area contributed by atoms with Crippen molar-refractivity contribution < 1.29 is 14.3 Å². The van der Waals surface area contributed by atoms with Crippen molar-refractivity contribution in [3.8, 4) is 0 Å². The molecule has 2 heterocycles. The number of ether oxygens (including phenoxy) is 2. The normalized spacial score (nSPS) is 24.2. The lowest BCUT2D eigenvalue weighted by Crippen LogP contribution is -2.52. The van der Waals surface area contributed by atoms with Crippen LogP contribution in [-0.2, 0) is 27.4 Å². The molecule has 138 valence electrons. The van der Waals surface area contributed by atoms with Gasteiger partial charge in [-0.2, -0.15) is 5.10 Å². The molecule has 2 fully saturated rings. The summed E-state index contributed by atoms with van der Waals surface area (Å²) in [4.78, 5) is 12.9. The third-order valence-corrected chi connectivity index (χ3v) is 5.28. The molecule has 2 aromatic rings. The first-order chi connectivity index (χ1) is 12.8. The molecular weight excluding hydrogens is 330 g/mol. The lowest BCUT2D eigenvalue weighted by atomic mass is 10.0. The van der Waals surface area contributed by atoms with Crippen LogP contribution in [0.5, 0.6) is 0 Å². The first kappa shape index (κ1) is 17.2. The number of nitrogens with zero attached hydrogens (tertiary/aromatic N) is 2. The highest BCUT2D eigenvalue weighted by Crippen LogP contribution is 2.47. The Morgan fingerprint density at radius 1 is 1.31 bits per heavy atom. The monoisotopic (exact) mass is 355 g/mol.